The highest BCUT2D eigenvalue weighted by molar-refractivity contribution is 6.10. The van der Waals surface area contributed by atoms with Crippen molar-refractivity contribution < 1.29 is 4.79 Å². The van der Waals surface area contributed by atoms with Crippen LogP contribution in [-0.2, 0) is 4.79 Å². The Morgan fingerprint density at radius 1 is 1.18 bits per heavy atom. The molecule has 0 saturated heterocycles. The maximum absolute atomic E-state index is 11.3. The highest BCUT2D eigenvalue weighted by Crippen LogP contribution is 2.23. The molecule has 0 aromatic rings. The molecule has 0 aliphatic heterocycles. The molecule has 0 aromatic carbocycles. The maximum Gasteiger partial charge on any atom is 0.184 e. The third kappa shape index (κ3) is 1.18. The summed E-state index contributed by atoms with van der Waals surface area (Å²) < 4.78 is 0. The van der Waals surface area contributed by atoms with Crippen LogP contribution in [0.15, 0.2) is 34.9 Å². The minimum absolute atomic E-state index is 0.148. The molecule has 0 N–H and O–H groups in total. The van der Waals surface area contributed by atoms with Gasteiger partial charge >= 0.3 is 0 Å². The molecule has 0 aromatic heterocycles. The Bertz CT molecular complexity index is 290. The molecule has 0 saturated carbocycles. The van der Waals surface area contributed by atoms with E-state index in [1.54, 1.807) is 0 Å². The summed E-state index contributed by atoms with van der Waals surface area (Å²) in [5.74, 6) is 0.148. The first-order valence-electron chi connectivity index (χ1n) is 3.64. The Hall–Kier alpha value is -1.11. The molecule has 1 nitrogen and oxygen atoms in total. The van der Waals surface area contributed by atoms with Crippen LogP contribution in [-0.4, -0.2) is 5.78 Å². The molecular formula is C10H12O. The normalized spacial score (nSPS) is 19.0. The van der Waals surface area contributed by atoms with Crippen molar-refractivity contribution in [2.75, 3.05) is 0 Å². The van der Waals surface area contributed by atoms with E-state index in [4.69, 9.17) is 0 Å². The van der Waals surface area contributed by atoms with Crippen molar-refractivity contribution in [1.82, 2.24) is 0 Å². The Balaban J connectivity index is 3.19. The lowest BCUT2D eigenvalue weighted by atomic mass is 9.90. The second kappa shape index (κ2) is 2.50. The minimum Gasteiger partial charge on any atom is -0.289 e. The Labute approximate surface area is 67.1 Å². The zero-order valence-electron chi connectivity index (χ0n) is 7.19. The zero-order valence-corrected chi connectivity index (χ0v) is 7.19. The van der Waals surface area contributed by atoms with Crippen molar-refractivity contribution in [1.29, 1.82) is 0 Å². The van der Waals surface area contributed by atoms with E-state index in [0.717, 1.165) is 22.3 Å². The molecule has 1 aliphatic carbocycles. The molecular weight excluding hydrogens is 136 g/mol. The molecule has 58 valence electrons. The molecule has 0 spiro atoms. The smallest absolute Gasteiger partial charge is 0.184 e. The van der Waals surface area contributed by atoms with Crippen LogP contribution in [0, 0.1) is 0 Å². The fraction of sp³-hybridized carbons (Fsp3) is 0.300. The van der Waals surface area contributed by atoms with Crippen LogP contribution < -0.4 is 0 Å². The summed E-state index contributed by atoms with van der Waals surface area (Å²) in [5, 5.41) is 0. The molecule has 0 fully saturated rings. The van der Waals surface area contributed by atoms with Crippen molar-refractivity contribution in [3.8, 4) is 0 Å². The predicted octanol–water partition coefficient (Wildman–Crippen LogP) is 2.41. The highest BCUT2D eigenvalue weighted by Gasteiger charge is 2.15. The second-order valence-electron chi connectivity index (χ2n) is 2.93. The Morgan fingerprint density at radius 3 is 2.27 bits per heavy atom. The van der Waals surface area contributed by atoms with E-state index >= 15 is 0 Å². The highest BCUT2D eigenvalue weighted by atomic mass is 16.1. The predicted molar refractivity (Wildman–Crippen MR) is 46.3 cm³/mol. The number of ketones is 1. The van der Waals surface area contributed by atoms with E-state index < -0.39 is 0 Å². The summed E-state index contributed by atoms with van der Waals surface area (Å²) in [5.41, 5.74) is 3.59. The number of Topliss-reactive ketones (excluding diaryl/α,β-unsaturated/α-hetero) is 1. The van der Waals surface area contributed by atoms with Crippen LogP contribution in [0.25, 0.3) is 0 Å². The Kier molecular flexibility index (Phi) is 1.81. The fourth-order valence-corrected chi connectivity index (χ4v) is 1.14. The van der Waals surface area contributed by atoms with Gasteiger partial charge in [0.15, 0.2) is 5.78 Å². The summed E-state index contributed by atoms with van der Waals surface area (Å²) in [6.45, 7) is 9.44. The first-order valence-corrected chi connectivity index (χ1v) is 3.64. The maximum atomic E-state index is 11.3. The van der Waals surface area contributed by atoms with Crippen molar-refractivity contribution in [2.45, 2.75) is 20.8 Å². The van der Waals surface area contributed by atoms with Gasteiger partial charge in [-0.2, -0.15) is 0 Å². The fourth-order valence-electron chi connectivity index (χ4n) is 1.14. The number of carbonyl (C=O) groups excluding carboxylic acids is 1. The van der Waals surface area contributed by atoms with Gasteiger partial charge in [-0.1, -0.05) is 6.58 Å². The summed E-state index contributed by atoms with van der Waals surface area (Å²) in [6.07, 6.45) is 1.84. The van der Waals surface area contributed by atoms with Crippen molar-refractivity contribution in [3.63, 3.8) is 0 Å². The van der Waals surface area contributed by atoms with Crippen LogP contribution in [0.4, 0.5) is 0 Å². The second-order valence-corrected chi connectivity index (χ2v) is 2.93. The number of hydrogen-bond acceptors (Lipinski definition) is 1. The molecule has 0 amide bonds. The van der Waals surface area contributed by atoms with Crippen molar-refractivity contribution >= 4 is 5.78 Å². The van der Waals surface area contributed by atoms with E-state index in [1.165, 1.54) is 0 Å². The van der Waals surface area contributed by atoms with Gasteiger partial charge in [0.25, 0.3) is 0 Å². The van der Waals surface area contributed by atoms with Gasteiger partial charge in [0, 0.05) is 5.57 Å². The van der Waals surface area contributed by atoms with Crippen LogP contribution in [0.5, 0.6) is 0 Å². The third-order valence-electron chi connectivity index (χ3n) is 2.13. The molecule has 0 unspecified atom stereocenters. The standard InChI is InChI=1S/C10H12O/c1-6-5-7(2)10(11)9(4)8(6)3/h5H,1H2,2-4H3. The summed E-state index contributed by atoms with van der Waals surface area (Å²) in [6, 6.07) is 0. The molecule has 1 heteroatoms. The number of allylic oxidation sites excluding steroid dienone is 5. The zero-order chi connectivity index (χ0) is 8.59. The van der Waals surface area contributed by atoms with E-state index in [9.17, 15) is 4.79 Å². The van der Waals surface area contributed by atoms with Crippen LogP contribution >= 0.6 is 0 Å². The van der Waals surface area contributed by atoms with E-state index in [1.807, 2.05) is 26.8 Å². The molecule has 0 heterocycles. The Morgan fingerprint density at radius 2 is 1.73 bits per heavy atom. The van der Waals surface area contributed by atoms with Gasteiger partial charge in [-0.05, 0) is 43.6 Å². The van der Waals surface area contributed by atoms with Crippen molar-refractivity contribution in [3.05, 3.63) is 34.9 Å². The molecule has 11 heavy (non-hydrogen) atoms. The average Bonchev–Trinajstić information content (AvgIpc) is 1.97. The molecule has 1 rings (SSSR count). The molecule has 0 bridgehead atoms. The van der Waals surface area contributed by atoms with Gasteiger partial charge in [0.2, 0.25) is 0 Å². The van der Waals surface area contributed by atoms with Gasteiger partial charge in [-0.15, -0.1) is 0 Å². The monoisotopic (exact) mass is 148 g/mol. The third-order valence-corrected chi connectivity index (χ3v) is 2.13. The van der Waals surface area contributed by atoms with E-state index in [2.05, 4.69) is 6.58 Å². The topological polar surface area (TPSA) is 17.1 Å². The first kappa shape index (κ1) is 7.99. The van der Waals surface area contributed by atoms with E-state index in [-0.39, 0.29) is 5.78 Å². The quantitative estimate of drug-likeness (QED) is 0.515. The summed E-state index contributed by atoms with van der Waals surface area (Å²) in [7, 11) is 0. The average molecular weight is 148 g/mol. The van der Waals surface area contributed by atoms with Gasteiger partial charge < -0.3 is 0 Å². The van der Waals surface area contributed by atoms with Crippen LogP contribution in [0.1, 0.15) is 20.8 Å². The first-order chi connectivity index (χ1) is 5.04. The van der Waals surface area contributed by atoms with Gasteiger partial charge in [-0.25, -0.2) is 0 Å². The van der Waals surface area contributed by atoms with Crippen molar-refractivity contribution in [2.24, 2.45) is 0 Å². The van der Waals surface area contributed by atoms with Crippen LogP contribution in [0.3, 0.4) is 0 Å². The largest absolute Gasteiger partial charge is 0.289 e. The van der Waals surface area contributed by atoms with Crippen LogP contribution in [0.2, 0.25) is 0 Å². The summed E-state index contributed by atoms with van der Waals surface area (Å²) in [4.78, 5) is 11.3. The lowest BCUT2D eigenvalue weighted by molar-refractivity contribution is -0.112. The summed E-state index contributed by atoms with van der Waals surface area (Å²) >= 11 is 0. The number of rotatable bonds is 0. The van der Waals surface area contributed by atoms with Gasteiger partial charge in [0.05, 0.1) is 0 Å². The number of hydrogen-bond donors (Lipinski definition) is 0. The van der Waals surface area contributed by atoms with E-state index in [0.29, 0.717) is 0 Å². The lowest BCUT2D eigenvalue weighted by Crippen LogP contribution is -2.08. The molecule has 0 radical (unpaired) electrons. The lowest BCUT2D eigenvalue weighted by Gasteiger charge is -2.13. The molecule has 0 atom stereocenters. The molecule has 1 aliphatic rings. The number of carbonyl (C=O) groups is 1. The minimum atomic E-state index is 0.148. The van der Waals surface area contributed by atoms with Gasteiger partial charge in [0.1, 0.15) is 0 Å². The SMILES string of the molecule is C=C1C=C(C)C(=O)C(C)=C1C. The van der Waals surface area contributed by atoms with Gasteiger partial charge in [-0.3, -0.25) is 4.79 Å².